The maximum atomic E-state index is 2.44. The molecule has 0 saturated heterocycles. The number of hydrogen-bond donors (Lipinski definition) is 0. The zero-order chi connectivity index (χ0) is 12.3. The molecule has 0 aromatic rings. The first-order chi connectivity index (χ1) is 8.33. The summed E-state index contributed by atoms with van der Waals surface area (Å²) >= 11 is 0. The van der Waals surface area contributed by atoms with Crippen LogP contribution >= 0.6 is 0 Å². The highest BCUT2D eigenvalue weighted by Crippen LogP contribution is 2.20. The van der Waals surface area contributed by atoms with Crippen molar-refractivity contribution >= 4 is 0 Å². The van der Waals surface area contributed by atoms with Crippen LogP contribution in [0.2, 0.25) is 0 Å². The minimum atomic E-state index is 0.761. The van der Waals surface area contributed by atoms with E-state index in [4.69, 9.17) is 0 Å². The van der Waals surface area contributed by atoms with Gasteiger partial charge in [0.2, 0.25) is 0 Å². The smallest absolute Gasteiger partial charge is 0.0224 e. The van der Waals surface area contributed by atoms with Gasteiger partial charge in [0.25, 0.3) is 0 Å². The van der Waals surface area contributed by atoms with E-state index in [-0.39, 0.29) is 0 Å². The van der Waals surface area contributed by atoms with Crippen molar-refractivity contribution < 1.29 is 0 Å². The molecular weight excluding hydrogens is 204 g/mol. The van der Waals surface area contributed by atoms with E-state index in [1.165, 1.54) is 64.2 Å². The van der Waals surface area contributed by atoms with Crippen molar-refractivity contribution in [3.05, 3.63) is 23.8 Å². The third kappa shape index (κ3) is 7.41. The van der Waals surface area contributed by atoms with Gasteiger partial charge in [0.1, 0.15) is 0 Å². The summed E-state index contributed by atoms with van der Waals surface area (Å²) in [7, 11) is 0. The monoisotopic (exact) mass is 234 g/mol. The summed E-state index contributed by atoms with van der Waals surface area (Å²) in [6.45, 7) is 4.58. The molecular formula is C17H30. The number of allylic oxidation sites excluding steroid dienone is 4. The van der Waals surface area contributed by atoms with Crippen molar-refractivity contribution in [2.45, 2.75) is 78.1 Å². The van der Waals surface area contributed by atoms with E-state index in [0.717, 1.165) is 5.92 Å². The highest BCUT2D eigenvalue weighted by atomic mass is 14.1. The summed E-state index contributed by atoms with van der Waals surface area (Å²) in [5.74, 6) is 0.761. The Hall–Kier alpha value is -0.520. The Morgan fingerprint density at radius 1 is 1.00 bits per heavy atom. The second kappa shape index (κ2) is 9.50. The maximum Gasteiger partial charge on any atom is -0.0224 e. The normalized spacial score (nSPS) is 19.4. The fourth-order valence-electron chi connectivity index (χ4n) is 2.42. The molecule has 0 amide bonds. The molecule has 0 heteroatoms. The SMILES string of the molecule is CCCCCCCCCCC1=CCC(C)C=C1. The average Bonchev–Trinajstić information content (AvgIpc) is 2.35. The second-order valence-electron chi connectivity index (χ2n) is 5.58. The predicted octanol–water partition coefficient (Wildman–Crippen LogP) is 6.04. The molecule has 0 saturated carbocycles. The molecule has 98 valence electrons. The van der Waals surface area contributed by atoms with E-state index in [9.17, 15) is 0 Å². The van der Waals surface area contributed by atoms with Crippen LogP contribution in [0.4, 0.5) is 0 Å². The third-order valence-electron chi connectivity index (χ3n) is 3.71. The Kier molecular flexibility index (Phi) is 8.13. The van der Waals surface area contributed by atoms with Gasteiger partial charge in [0, 0.05) is 0 Å². The Balaban J connectivity index is 1.89. The van der Waals surface area contributed by atoms with Crippen molar-refractivity contribution in [1.82, 2.24) is 0 Å². The molecule has 17 heavy (non-hydrogen) atoms. The quantitative estimate of drug-likeness (QED) is 0.427. The lowest BCUT2D eigenvalue weighted by atomic mass is 9.95. The second-order valence-corrected chi connectivity index (χ2v) is 5.58. The van der Waals surface area contributed by atoms with Gasteiger partial charge in [0.05, 0.1) is 0 Å². The molecule has 0 heterocycles. The lowest BCUT2D eigenvalue weighted by molar-refractivity contribution is 0.575. The summed E-state index contributed by atoms with van der Waals surface area (Å²) in [5.41, 5.74) is 1.58. The van der Waals surface area contributed by atoms with Crippen LogP contribution < -0.4 is 0 Å². The summed E-state index contributed by atoms with van der Waals surface area (Å²) in [4.78, 5) is 0. The first kappa shape index (κ1) is 14.5. The lowest BCUT2D eigenvalue weighted by Crippen LogP contribution is -1.94. The van der Waals surface area contributed by atoms with E-state index >= 15 is 0 Å². The van der Waals surface area contributed by atoms with Gasteiger partial charge in [-0.25, -0.2) is 0 Å². The molecule has 0 spiro atoms. The van der Waals surface area contributed by atoms with Crippen molar-refractivity contribution in [3.63, 3.8) is 0 Å². The van der Waals surface area contributed by atoms with Crippen LogP contribution in [0.5, 0.6) is 0 Å². The van der Waals surface area contributed by atoms with Gasteiger partial charge in [-0.3, -0.25) is 0 Å². The van der Waals surface area contributed by atoms with Gasteiger partial charge in [0.15, 0.2) is 0 Å². The van der Waals surface area contributed by atoms with Crippen LogP contribution in [0.25, 0.3) is 0 Å². The summed E-state index contributed by atoms with van der Waals surface area (Å²) < 4.78 is 0. The minimum Gasteiger partial charge on any atom is -0.0811 e. The van der Waals surface area contributed by atoms with Gasteiger partial charge in [-0.1, -0.05) is 82.6 Å². The Bertz CT molecular complexity index is 234. The molecule has 1 unspecified atom stereocenters. The fourth-order valence-corrected chi connectivity index (χ4v) is 2.42. The number of hydrogen-bond acceptors (Lipinski definition) is 0. The van der Waals surface area contributed by atoms with Crippen LogP contribution in [0, 0.1) is 5.92 Å². The average molecular weight is 234 g/mol. The standard InChI is InChI=1S/C17H30/c1-3-4-5-6-7-8-9-10-11-17-14-12-16(2)13-15-17/h12,14-16H,3-11,13H2,1-2H3. The molecule has 0 fully saturated rings. The van der Waals surface area contributed by atoms with E-state index < -0.39 is 0 Å². The van der Waals surface area contributed by atoms with Crippen molar-refractivity contribution in [2.24, 2.45) is 5.92 Å². The van der Waals surface area contributed by atoms with E-state index in [0.29, 0.717) is 0 Å². The maximum absolute atomic E-state index is 2.44. The Morgan fingerprint density at radius 3 is 2.24 bits per heavy atom. The largest absolute Gasteiger partial charge is 0.0811 e. The third-order valence-corrected chi connectivity index (χ3v) is 3.71. The molecule has 0 bridgehead atoms. The molecule has 1 rings (SSSR count). The molecule has 0 radical (unpaired) electrons. The van der Waals surface area contributed by atoms with Crippen molar-refractivity contribution in [2.75, 3.05) is 0 Å². The van der Waals surface area contributed by atoms with Gasteiger partial charge >= 0.3 is 0 Å². The molecule has 0 nitrogen and oxygen atoms in total. The molecule has 0 aromatic carbocycles. The van der Waals surface area contributed by atoms with Crippen LogP contribution in [0.15, 0.2) is 23.8 Å². The van der Waals surface area contributed by atoms with Crippen LogP contribution in [0.3, 0.4) is 0 Å². The van der Waals surface area contributed by atoms with Crippen LogP contribution in [-0.4, -0.2) is 0 Å². The molecule has 1 aliphatic rings. The van der Waals surface area contributed by atoms with E-state index in [2.05, 4.69) is 32.1 Å². The molecule has 0 N–H and O–H groups in total. The first-order valence-corrected chi connectivity index (χ1v) is 7.70. The van der Waals surface area contributed by atoms with E-state index in [1.54, 1.807) is 5.57 Å². The Morgan fingerprint density at radius 2 is 1.65 bits per heavy atom. The van der Waals surface area contributed by atoms with Crippen LogP contribution in [-0.2, 0) is 0 Å². The zero-order valence-electron chi connectivity index (χ0n) is 11.9. The highest BCUT2D eigenvalue weighted by Gasteiger charge is 2.02. The molecule has 0 aliphatic heterocycles. The number of unbranched alkanes of at least 4 members (excludes halogenated alkanes) is 7. The van der Waals surface area contributed by atoms with E-state index in [1.807, 2.05) is 0 Å². The minimum absolute atomic E-state index is 0.761. The van der Waals surface area contributed by atoms with Crippen molar-refractivity contribution in [3.8, 4) is 0 Å². The lowest BCUT2D eigenvalue weighted by Gasteiger charge is -2.11. The number of rotatable bonds is 9. The first-order valence-electron chi connectivity index (χ1n) is 7.70. The van der Waals surface area contributed by atoms with Gasteiger partial charge in [-0.05, 0) is 25.2 Å². The topological polar surface area (TPSA) is 0 Å². The molecule has 1 aliphatic carbocycles. The van der Waals surface area contributed by atoms with Gasteiger partial charge < -0.3 is 0 Å². The van der Waals surface area contributed by atoms with Crippen LogP contribution in [0.1, 0.15) is 78.1 Å². The van der Waals surface area contributed by atoms with Gasteiger partial charge in [-0.2, -0.15) is 0 Å². The Labute approximate surface area is 108 Å². The predicted molar refractivity (Wildman–Crippen MR) is 78.2 cm³/mol. The molecule has 0 aromatic heterocycles. The van der Waals surface area contributed by atoms with Crippen molar-refractivity contribution in [1.29, 1.82) is 0 Å². The molecule has 1 atom stereocenters. The fraction of sp³-hybridized carbons (Fsp3) is 0.765. The summed E-state index contributed by atoms with van der Waals surface area (Å²) in [5, 5.41) is 0. The highest BCUT2D eigenvalue weighted by molar-refractivity contribution is 5.23. The zero-order valence-corrected chi connectivity index (χ0v) is 11.9. The summed E-state index contributed by atoms with van der Waals surface area (Å²) in [6.07, 6.45) is 21.1. The summed E-state index contributed by atoms with van der Waals surface area (Å²) in [6, 6.07) is 0. The van der Waals surface area contributed by atoms with Gasteiger partial charge in [-0.15, -0.1) is 0 Å².